The largest absolute Gasteiger partial charge is 0.497 e. The van der Waals surface area contributed by atoms with Crippen LogP contribution in [-0.2, 0) is 5.54 Å². The normalized spacial score (nSPS) is 11.2. The predicted octanol–water partition coefficient (Wildman–Crippen LogP) is 1.90. The van der Waals surface area contributed by atoms with E-state index in [-0.39, 0.29) is 5.54 Å². The quantitative estimate of drug-likeness (QED) is 0.801. The zero-order valence-corrected chi connectivity index (χ0v) is 9.13. The van der Waals surface area contributed by atoms with Gasteiger partial charge in [0, 0.05) is 11.6 Å². The summed E-state index contributed by atoms with van der Waals surface area (Å²) in [6, 6.07) is 5.67. The Kier molecular flexibility index (Phi) is 3.01. The highest BCUT2D eigenvalue weighted by atomic mass is 16.5. The molecular weight excluding hydrogens is 178 g/mol. The molecule has 1 aromatic carbocycles. The molecule has 0 aliphatic carbocycles. The first-order chi connectivity index (χ1) is 6.47. The van der Waals surface area contributed by atoms with Crippen molar-refractivity contribution in [2.24, 2.45) is 5.73 Å². The van der Waals surface area contributed by atoms with Gasteiger partial charge in [-0.25, -0.2) is 0 Å². The fourth-order valence-electron chi connectivity index (χ4n) is 1.18. The second-order valence-electron chi connectivity index (χ2n) is 3.82. The van der Waals surface area contributed by atoms with Crippen LogP contribution in [0.2, 0.25) is 0 Å². The van der Waals surface area contributed by atoms with E-state index in [1.54, 1.807) is 14.2 Å². The van der Waals surface area contributed by atoms with Gasteiger partial charge in [-0.15, -0.1) is 0 Å². The van der Waals surface area contributed by atoms with Crippen molar-refractivity contribution in [2.45, 2.75) is 19.4 Å². The van der Waals surface area contributed by atoms with Crippen LogP contribution in [0.5, 0.6) is 11.5 Å². The first-order valence-electron chi connectivity index (χ1n) is 4.50. The van der Waals surface area contributed by atoms with Gasteiger partial charge in [-0.05, 0) is 31.5 Å². The number of hydrogen-bond acceptors (Lipinski definition) is 3. The minimum Gasteiger partial charge on any atom is -0.497 e. The molecule has 0 saturated carbocycles. The van der Waals surface area contributed by atoms with Gasteiger partial charge in [0.2, 0.25) is 0 Å². The maximum atomic E-state index is 5.99. The zero-order chi connectivity index (χ0) is 10.8. The van der Waals surface area contributed by atoms with Crippen molar-refractivity contribution >= 4 is 0 Å². The van der Waals surface area contributed by atoms with E-state index in [2.05, 4.69) is 0 Å². The van der Waals surface area contributed by atoms with Gasteiger partial charge in [0.05, 0.1) is 14.2 Å². The van der Waals surface area contributed by atoms with E-state index in [9.17, 15) is 0 Å². The molecular formula is C11H17NO2. The third kappa shape index (κ3) is 2.39. The van der Waals surface area contributed by atoms with E-state index in [1.807, 2.05) is 32.0 Å². The summed E-state index contributed by atoms with van der Waals surface area (Å²) in [7, 11) is 3.25. The smallest absolute Gasteiger partial charge is 0.122 e. The van der Waals surface area contributed by atoms with Crippen LogP contribution in [-0.4, -0.2) is 14.2 Å². The van der Waals surface area contributed by atoms with Crippen LogP contribution in [0.4, 0.5) is 0 Å². The number of nitrogens with two attached hydrogens (primary N) is 1. The summed E-state index contributed by atoms with van der Waals surface area (Å²) in [4.78, 5) is 0. The van der Waals surface area contributed by atoms with Crippen LogP contribution in [0.25, 0.3) is 0 Å². The first kappa shape index (κ1) is 10.9. The molecule has 1 rings (SSSR count). The molecule has 0 fully saturated rings. The highest BCUT2D eigenvalue weighted by Crippen LogP contribution is 2.27. The second-order valence-corrected chi connectivity index (χ2v) is 3.82. The molecule has 0 aliphatic heterocycles. The standard InChI is InChI=1S/C11H17NO2/c1-11(2,12)8-5-9(13-3)7-10(6-8)14-4/h5-7H,12H2,1-4H3. The van der Waals surface area contributed by atoms with Gasteiger partial charge in [0.15, 0.2) is 0 Å². The molecule has 0 atom stereocenters. The summed E-state index contributed by atoms with van der Waals surface area (Å²) in [5.41, 5.74) is 6.60. The van der Waals surface area contributed by atoms with E-state index in [0.29, 0.717) is 0 Å². The van der Waals surface area contributed by atoms with Crippen molar-refractivity contribution in [2.75, 3.05) is 14.2 Å². The minimum absolute atomic E-state index is 0.387. The second kappa shape index (κ2) is 3.88. The van der Waals surface area contributed by atoms with Gasteiger partial charge < -0.3 is 15.2 Å². The van der Waals surface area contributed by atoms with Gasteiger partial charge in [0.25, 0.3) is 0 Å². The SMILES string of the molecule is COc1cc(OC)cc(C(C)(C)N)c1. The number of benzene rings is 1. The van der Waals surface area contributed by atoms with E-state index < -0.39 is 0 Å². The van der Waals surface area contributed by atoms with E-state index in [1.165, 1.54) is 0 Å². The maximum Gasteiger partial charge on any atom is 0.122 e. The first-order valence-corrected chi connectivity index (χ1v) is 4.50. The Balaban J connectivity index is 3.17. The Morgan fingerprint density at radius 3 is 1.71 bits per heavy atom. The maximum absolute atomic E-state index is 5.99. The Labute approximate surface area is 84.8 Å². The summed E-state index contributed by atoms with van der Waals surface area (Å²) in [6.07, 6.45) is 0. The van der Waals surface area contributed by atoms with Gasteiger partial charge in [-0.3, -0.25) is 0 Å². The van der Waals surface area contributed by atoms with Crippen molar-refractivity contribution in [3.8, 4) is 11.5 Å². The van der Waals surface area contributed by atoms with E-state index >= 15 is 0 Å². The molecule has 0 unspecified atom stereocenters. The Bertz CT molecular complexity index is 293. The molecule has 1 aromatic rings. The fourth-order valence-corrected chi connectivity index (χ4v) is 1.18. The molecule has 0 amide bonds. The van der Waals surface area contributed by atoms with Crippen LogP contribution in [0.15, 0.2) is 18.2 Å². The molecule has 0 saturated heterocycles. The zero-order valence-electron chi connectivity index (χ0n) is 9.13. The minimum atomic E-state index is -0.387. The summed E-state index contributed by atoms with van der Waals surface area (Å²) >= 11 is 0. The lowest BCUT2D eigenvalue weighted by Crippen LogP contribution is -2.28. The number of methoxy groups -OCH3 is 2. The Morgan fingerprint density at radius 2 is 1.43 bits per heavy atom. The number of ether oxygens (including phenoxy) is 2. The predicted molar refractivity (Wildman–Crippen MR) is 56.8 cm³/mol. The molecule has 0 radical (unpaired) electrons. The molecule has 0 spiro atoms. The van der Waals surface area contributed by atoms with Crippen molar-refractivity contribution in [3.63, 3.8) is 0 Å². The molecule has 0 aromatic heterocycles. The summed E-state index contributed by atoms with van der Waals surface area (Å²) in [5, 5.41) is 0. The Morgan fingerprint density at radius 1 is 1.00 bits per heavy atom. The third-order valence-corrected chi connectivity index (χ3v) is 2.10. The topological polar surface area (TPSA) is 44.5 Å². The summed E-state index contributed by atoms with van der Waals surface area (Å²) in [5.74, 6) is 1.52. The highest BCUT2D eigenvalue weighted by Gasteiger charge is 2.16. The van der Waals surface area contributed by atoms with E-state index in [4.69, 9.17) is 15.2 Å². The van der Waals surface area contributed by atoms with Gasteiger partial charge in [-0.1, -0.05) is 0 Å². The fraction of sp³-hybridized carbons (Fsp3) is 0.455. The monoisotopic (exact) mass is 195 g/mol. The van der Waals surface area contributed by atoms with Crippen molar-refractivity contribution in [1.82, 2.24) is 0 Å². The van der Waals surface area contributed by atoms with Gasteiger partial charge in [-0.2, -0.15) is 0 Å². The molecule has 0 bridgehead atoms. The van der Waals surface area contributed by atoms with Crippen molar-refractivity contribution in [3.05, 3.63) is 23.8 Å². The molecule has 3 heteroatoms. The van der Waals surface area contributed by atoms with Crippen LogP contribution >= 0.6 is 0 Å². The molecule has 0 heterocycles. The lowest BCUT2D eigenvalue weighted by atomic mass is 9.95. The van der Waals surface area contributed by atoms with Crippen LogP contribution in [0, 0.1) is 0 Å². The van der Waals surface area contributed by atoms with Crippen LogP contribution in [0.3, 0.4) is 0 Å². The number of rotatable bonds is 3. The van der Waals surface area contributed by atoms with Gasteiger partial charge >= 0.3 is 0 Å². The average Bonchev–Trinajstić information content (AvgIpc) is 2.15. The lowest BCUT2D eigenvalue weighted by Gasteiger charge is -2.20. The average molecular weight is 195 g/mol. The third-order valence-electron chi connectivity index (χ3n) is 2.10. The van der Waals surface area contributed by atoms with Crippen LogP contribution in [0.1, 0.15) is 19.4 Å². The van der Waals surface area contributed by atoms with Crippen LogP contribution < -0.4 is 15.2 Å². The van der Waals surface area contributed by atoms with Crippen molar-refractivity contribution in [1.29, 1.82) is 0 Å². The lowest BCUT2D eigenvalue weighted by molar-refractivity contribution is 0.390. The molecule has 78 valence electrons. The van der Waals surface area contributed by atoms with Gasteiger partial charge in [0.1, 0.15) is 11.5 Å². The molecule has 2 N–H and O–H groups in total. The highest BCUT2D eigenvalue weighted by molar-refractivity contribution is 5.40. The van der Waals surface area contributed by atoms with E-state index in [0.717, 1.165) is 17.1 Å². The summed E-state index contributed by atoms with van der Waals surface area (Å²) < 4.78 is 10.3. The Hall–Kier alpha value is -1.22. The summed E-state index contributed by atoms with van der Waals surface area (Å²) in [6.45, 7) is 3.89. The molecule has 0 aliphatic rings. The number of hydrogen-bond donors (Lipinski definition) is 1. The molecule has 3 nitrogen and oxygen atoms in total. The van der Waals surface area contributed by atoms with Crippen molar-refractivity contribution < 1.29 is 9.47 Å². The molecule has 14 heavy (non-hydrogen) atoms.